The number of Topliss-reactive ketones (excluding diaryl/α,β-unsaturated/α-hetero) is 1. The van der Waals surface area contributed by atoms with Crippen LogP contribution in [0.3, 0.4) is 0 Å². The highest BCUT2D eigenvalue weighted by Gasteiger charge is 2.54. The van der Waals surface area contributed by atoms with Crippen molar-refractivity contribution in [3.8, 4) is 0 Å². The molecule has 0 aromatic rings. The number of carbonyl (C=O) groups is 4. The number of hydrogen-bond acceptors (Lipinski definition) is 9. The Morgan fingerprint density at radius 3 is 2.38 bits per heavy atom. The van der Waals surface area contributed by atoms with Crippen LogP contribution in [0.25, 0.3) is 0 Å². The number of amides is 1. The summed E-state index contributed by atoms with van der Waals surface area (Å²) in [5.41, 5.74) is -0.875. The zero-order valence-electron chi connectivity index (χ0n) is 28.8. The van der Waals surface area contributed by atoms with Crippen LogP contribution in [-0.4, -0.2) is 85.9 Å². The van der Waals surface area contributed by atoms with Gasteiger partial charge in [-0.3, -0.25) is 14.4 Å². The monoisotopic (exact) mass is 659 g/mol. The van der Waals surface area contributed by atoms with E-state index in [1.807, 2.05) is 13.0 Å². The van der Waals surface area contributed by atoms with E-state index in [2.05, 4.69) is 19.1 Å². The molecule has 4 aliphatic rings. The van der Waals surface area contributed by atoms with Crippen molar-refractivity contribution in [1.82, 2.24) is 4.90 Å². The zero-order valence-corrected chi connectivity index (χ0v) is 28.8. The maximum Gasteiger partial charge on any atom is 0.329 e. The van der Waals surface area contributed by atoms with Crippen molar-refractivity contribution < 1.29 is 44.0 Å². The molecule has 1 amide bonds. The first-order chi connectivity index (χ1) is 22.2. The zero-order chi connectivity index (χ0) is 34.4. The number of aliphatic hydroxyl groups excluding tert-OH is 2. The molecule has 2 bridgehead atoms. The lowest BCUT2D eigenvalue weighted by atomic mass is 9.77. The molecule has 0 aromatic heterocycles. The highest BCUT2D eigenvalue weighted by atomic mass is 16.6. The Balaban J connectivity index is 1.61. The van der Waals surface area contributed by atoms with Gasteiger partial charge >= 0.3 is 5.97 Å². The second kappa shape index (κ2) is 16.3. The molecule has 3 aliphatic heterocycles. The lowest BCUT2D eigenvalue weighted by molar-refractivity contribution is -0.268. The van der Waals surface area contributed by atoms with Gasteiger partial charge in [0.05, 0.1) is 18.3 Å². The predicted molar refractivity (Wildman–Crippen MR) is 176 cm³/mol. The minimum Gasteiger partial charge on any atom is -0.458 e. The van der Waals surface area contributed by atoms with Crippen LogP contribution in [0.15, 0.2) is 24.3 Å². The molecule has 47 heavy (non-hydrogen) atoms. The Morgan fingerprint density at radius 1 is 0.894 bits per heavy atom. The number of cyclic esters (lactones) is 1. The maximum absolute atomic E-state index is 14.0. The van der Waals surface area contributed by atoms with Gasteiger partial charge < -0.3 is 29.7 Å². The van der Waals surface area contributed by atoms with Crippen LogP contribution >= 0.6 is 0 Å². The fourth-order valence-electron chi connectivity index (χ4n) is 7.82. The van der Waals surface area contributed by atoms with E-state index in [9.17, 15) is 34.5 Å². The van der Waals surface area contributed by atoms with Gasteiger partial charge in [0.1, 0.15) is 11.6 Å². The number of nitrogens with zero attached hydrogens (tertiary/aromatic N) is 1. The van der Waals surface area contributed by atoms with E-state index in [1.54, 1.807) is 13.8 Å². The molecule has 2 saturated heterocycles. The van der Waals surface area contributed by atoms with Crippen LogP contribution in [-0.2, 0) is 28.7 Å². The van der Waals surface area contributed by atoms with Crippen molar-refractivity contribution in [1.29, 1.82) is 0 Å². The average Bonchev–Trinajstić information content (AvgIpc) is 3.04. The van der Waals surface area contributed by atoms with Gasteiger partial charge in [-0.1, -0.05) is 39.0 Å². The van der Waals surface area contributed by atoms with Crippen LogP contribution in [0.1, 0.15) is 118 Å². The molecule has 3 heterocycles. The third kappa shape index (κ3) is 9.40. The van der Waals surface area contributed by atoms with Gasteiger partial charge in [0.15, 0.2) is 5.78 Å². The summed E-state index contributed by atoms with van der Waals surface area (Å²) in [5.74, 6) is -6.20. The molecule has 10 heteroatoms. The van der Waals surface area contributed by atoms with Crippen molar-refractivity contribution in [3.63, 3.8) is 0 Å². The van der Waals surface area contributed by atoms with E-state index in [0.717, 1.165) is 19.3 Å². The molecule has 264 valence electrons. The summed E-state index contributed by atoms with van der Waals surface area (Å²) in [4.78, 5) is 55.8. The summed E-state index contributed by atoms with van der Waals surface area (Å²) in [6.07, 6.45) is 13.7. The van der Waals surface area contributed by atoms with Gasteiger partial charge in [-0.05, 0) is 115 Å². The average molecular weight is 660 g/mol. The molecule has 0 radical (unpaired) electrons. The van der Waals surface area contributed by atoms with Crippen LogP contribution in [0.5, 0.6) is 0 Å². The Hall–Kier alpha value is -2.40. The second-order valence-corrected chi connectivity index (χ2v) is 15.0. The Labute approximate surface area is 279 Å². The van der Waals surface area contributed by atoms with Crippen molar-refractivity contribution in [2.75, 3.05) is 6.54 Å². The molecule has 0 spiro atoms. The molecule has 1 aliphatic carbocycles. The summed E-state index contributed by atoms with van der Waals surface area (Å²) in [6, 6.07) is -0.984. The summed E-state index contributed by atoms with van der Waals surface area (Å²) in [6.45, 7) is 7.60. The number of fused-ring (bicyclic) bond motifs is 3. The Morgan fingerprint density at radius 2 is 1.64 bits per heavy atom. The molecule has 1 saturated carbocycles. The van der Waals surface area contributed by atoms with E-state index in [1.165, 1.54) is 11.0 Å². The van der Waals surface area contributed by atoms with Crippen molar-refractivity contribution >= 4 is 23.4 Å². The minimum absolute atomic E-state index is 0.0576. The topological polar surface area (TPSA) is 151 Å². The summed E-state index contributed by atoms with van der Waals surface area (Å²) in [5, 5.41) is 32.0. The highest BCUT2D eigenvalue weighted by Crippen LogP contribution is 2.39. The van der Waals surface area contributed by atoms with Crippen molar-refractivity contribution in [2.45, 2.75) is 153 Å². The van der Waals surface area contributed by atoms with Gasteiger partial charge in [0.25, 0.3) is 11.7 Å². The molecule has 0 aromatic carbocycles. The largest absolute Gasteiger partial charge is 0.458 e. The number of allylic oxidation sites excluding steroid dienone is 4. The summed E-state index contributed by atoms with van der Waals surface area (Å²) < 4.78 is 12.3. The SMILES string of the molecule is CC1C=CCCC=CC(=O)C(C)C2CCC(C)C(O)(O2)C(=O)C(=O)N2CCCCC2C(=O)OC(C)(CC2CCC(O)C(O)C2)CCC1. The number of rotatable bonds is 2. The number of ether oxygens (including phenoxy) is 2. The molecule has 4 rings (SSSR count). The third-order valence-corrected chi connectivity index (χ3v) is 11.0. The van der Waals surface area contributed by atoms with Gasteiger partial charge in [-0.15, -0.1) is 0 Å². The molecule has 10 nitrogen and oxygen atoms in total. The van der Waals surface area contributed by atoms with Crippen LogP contribution < -0.4 is 0 Å². The molecule has 10 atom stereocenters. The lowest BCUT2D eigenvalue weighted by Gasteiger charge is -2.43. The number of piperidine rings is 1. The van der Waals surface area contributed by atoms with E-state index >= 15 is 0 Å². The first-order valence-corrected chi connectivity index (χ1v) is 18.0. The first-order valence-electron chi connectivity index (χ1n) is 18.0. The number of esters is 1. The third-order valence-electron chi connectivity index (χ3n) is 11.0. The highest BCUT2D eigenvalue weighted by molar-refractivity contribution is 6.39. The quantitative estimate of drug-likeness (QED) is 0.220. The number of carbonyl (C=O) groups excluding carboxylic acids is 4. The number of ketones is 2. The van der Waals surface area contributed by atoms with E-state index in [0.29, 0.717) is 76.5 Å². The van der Waals surface area contributed by atoms with Crippen molar-refractivity contribution in [2.24, 2.45) is 23.7 Å². The molecule has 3 fully saturated rings. The number of aliphatic hydroxyl groups is 3. The lowest BCUT2D eigenvalue weighted by Crippen LogP contribution is -2.61. The predicted octanol–water partition coefficient (Wildman–Crippen LogP) is 4.57. The fourth-order valence-corrected chi connectivity index (χ4v) is 7.82. The van der Waals surface area contributed by atoms with Gasteiger partial charge in [0.2, 0.25) is 5.79 Å². The Bertz CT molecular complexity index is 1180. The molecular formula is C37H57NO9. The standard InChI is InChI=1S/C37H57NO9/c1-24-12-7-5-6-8-15-29(39)26(3)32-19-16-25(2)37(45,46-32)33(42)34(43)38-21-10-9-14-28(38)35(44)47-36(4,20-11-13-24)23-27-17-18-30(40)31(41)22-27/h7-8,12,15,24-28,30-32,40-41,45H,5-6,9-11,13-14,16-23H2,1-4H3. The van der Waals surface area contributed by atoms with Gasteiger partial charge in [-0.2, -0.15) is 0 Å². The maximum atomic E-state index is 14.0. The van der Waals surface area contributed by atoms with Crippen LogP contribution in [0.4, 0.5) is 0 Å². The van der Waals surface area contributed by atoms with Crippen molar-refractivity contribution in [3.05, 3.63) is 24.3 Å². The molecule has 3 N–H and O–H groups in total. The molecular weight excluding hydrogens is 602 g/mol. The number of hydrogen-bond donors (Lipinski definition) is 3. The van der Waals surface area contributed by atoms with Crippen LogP contribution in [0, 0.1) is 23.7 Å². The smallest absolute Gasteiger partial charge is 0.329 e. The van der Waals surface area contributed by atoms with E-state index in [4.69, 9.17) is 9.47 Å². The van der Waals surface area contributed by atoms with Crippen LogP contribution in [0.2, 0.25) is 0 Å². The molecule has 10 unspecified atom stereocenters. The van der Waals surface area contributed by atoms with Gasteiger partial charge in [0, 0.05) is 18.4 Å². The van der Waals surface area contributed by atoms with E-state index < -0.39 is 65.2 Å². The fraction of sp³-hybridized carbons (Fsp3) is 0.784. The Kier molecular flexibility index (Phi) is 13.0. The minimum atomic E-state index is -2.41. The summed E-state index contributed by atoms with van der Waals surface area (Å²) >= 11 is 0. The van der Waals surface area contributed by atoms with Gasteiger partial charge in [-0.25, -0.2) is 4.79 Å². The van der Waals surface area contributed by atoms with E-state index in [-0.39, 0.29) is 18.2 Å². The summed E-state index contributed by atoms with van der Waals surface area (Å²) in [7, 11) is 0. The normalized spacial score (nSPS) is 40.6. The second-order valence-electron chi connectivity index (χ2n) is 15.0. The first kappa shape index (κ1) is 37.4.